The summed E-state index contributed by atoms with van der Waals surface area (Å²) in [7, 11) is 8.16. The van der Waals surface area contributed by atoms with E-state index in [2.05, 4.69) is 42.6 Å². The van der Waals surface area contributed by atoms with Crippen molar-refractivity contribution in [3.63, 3.8) is 0 Å². The number of aliphatic imine (C=N–C) groups is 4. The average Bonchev–Trinajstić information content (AvgIpc) is 3.73. The van der Waals surface area contributed by atoms with Gasteiger partial charge < -0.3 is 0 Å². The highest BCUT2D eigenvalue weighted by Crippen LogP contribution is 2.31. The van der Waals surface area contributed by atoms with Gasteiger partial charge in [-0.1, -0.05) is 0 Å². The second kappa shape index (κ2) is 8.27. The maximum Gasteiger partial charge on any atom is 0.292 e. The lowest BCUT2D eigenvalue weighted by Gasteiger charge is -2.06. The lowest BCUT2D eigenvalue weighted by molar-refractivity contribution is -0.673. The van der Waals surface area contributed by atoms with Gasteiger partial charge in [0.25, 0.3) is 11.6 Å². The Morgan fingerprint density at radius 2 is 1.00 bits per heavy atom. The van der Waals surface area contributed by atoms with Crippen molar-refractivity contribution >= 4 is 34.0 Å². The first-order valence-corrected chi connectivity index (χ1v) is 12.5. The quantitative estimate of drug-likeness (QED) is 0.572. The lowest BCUT2D eigenvalue weighted by atomic mass is 10.1. The van der Waals surface area contributed by atoms with Crippen molar-refractivity contribution in [2.75, 3.05) is 0 Å². The molecule has 8 bridgehead atoms. The number of rotatable bonds is 2. The zero-order valence-electron chi connectivity index (χ0n) is 21.7. The molecule has 0 saturated heterocycles. The Balaban J connectivity index is 1.47. The summed E-state index contributed by atoms with van der Waals surface area (Å²) in [5, 5.41) is 0. The Morgan fingerprint density at radius 3 is 1.39 bits per heavy atom. The van der Waals surface area contributed by atoms with Crippen LogP contribution in [0.5, 0.6) is 0 Å². The van der Waals surface area contributed by atoms with Gasteiger partial charge in [-0.3, -0.25) is 0 Å². The summed E-state index contributed by atoms with van der Waals surface area (Å²) < 4.78 is 8.39. The summed E-state index contributed by atoms with van der Waals surface area (Å²) in [6, 6.07) is 0. The lowest BCUT2D eigenvalue weighted by Crippen LogP contribution is -2.32. The van der Waals surface area contributed by atoms with Crippen LogP contribution in [-0.4, -0.2) is 32.0 Å². The first-order valence-electron chi connectivity index (χ1n) is 12.5. The largest absolute Gasteiger partial charge is 0.292 e. The van der Waals surface area contributed by atoms with E-state index in [1.807, 2.05) is 89.4 Å². The van der Waals surface area contributed by atoms with Gasteiger partial charge in [0.05, 0.1) is 73.8 Å². The van der Waals surface area contributed by atoms with Gasteiger partial charge in [-0.2, -0.15) is 0 Å². The van der Waals surface area contributed by atoms with Crippen LogP contribution in [0.3, 0.4) is 0 Å². The van der Waals surface area contributed by atoms with E-state index in [4.69, 9.17) is 20.0 Å². The van der Waals surface area contributed by atoms with E-state index in [0.29, 0.717) is 0 Å². The molecule has 5 aliphatic rings. The Kier molecular flexibility index (Phi) is 4.84. The number of imidazole rings is 2. The van der Waals surface area contributed by atoms with E-state index in [0.717, 1.165) is 68.4 Å². The van der Waals surface area contributed by atoms with Gasteiger partial charge in [0.1, 0.15) is 35.9 Å². The van der Waals surface area contributed by atoms with E-state index in [1.165, 1.54) is 0 Å². The SMILES string of the molecule is Cn1cc[n+](C)c1C1=C2C=CC(=N2)C=C2C=CC(=N2)C(c2n(C)cc[n+]2C)=C2C=CC(=N2)C=C2C=CC1=N2. The average molecular weight is 499 g/mol. The predicted octanol–water partition coefficient (Wildman–Crippen LogP) is 2.96. The van der Waals surface area contributed by atoms with Crippen molar-refractivity contribution in [2.24, 2.45) is 48.2 Å². The Morgan fingerprint density at radius 1 is 0.553 bits per heavy atom. The molecule has 0 spiro atoms. The molecule has 0 unspecified atom stereocenters. The molecule has 0 fully saturated rings. The number of allylic oxidation sites excluding steroid dienone is 12. The number of fused-ring (bicyclic) bond motifs is 4. The van der Waals surface area contributed by atoms with E-state index in [1.54, 1.807) is 0 Å². The maximum absolute atomic E-state index is 5.00. The van der Waals surface area contributed by atoms with Crippen LogP contribution in [0.25, 0.3) is 11.1 Å². The fraction of sp³-hybridized carbons (Fsp3) is 0.133. The minimum atomic E-state index is 0.851. The van der Waals surface area contributed by atoms with Crippen LogP contribution < -0.4 is 9.13 Å². The number of hydrogen-bond acceptors (Lipinski definition) is 4. The number of hydrogen-bond donors (Lipinski definition) is 0. The second-order valence-corrected chi connectivity index (χ2v) is 9.75. The highest BCUT2D eigenvalue weighted by Gasteiger charge is 2.29. The Hall–Kier alpha value is -4.98. The molecule has 5 aliphatic heterocycles. The summed E-state index contributed by atoms with van der Waals surface area (Å²) in [6.07, 6.45) is 28.6. The van der Waals surface area contributed by atoms with Crippen LogP contribution in [0.1, 0.15) is 11.6 Å². The monoisotopic (exact) mass is 498 g/mol. The van der Waals surface area contributed by atoms with Crippen LogP contribution in [0.15, 0.2) is 128 Å². The number of aromatic nitrogens is 4. The molecule has 7 heterocycles. The van der Waals surface area contributed by atoms with Gasteiger partial charge >= 0.3 is 0 Å². The molecule has 0 aliphatic carbocycles. The van der Waals surface area contributed by atoms with E-state index in [9.17, 15) is 0 Å². The van der Waals surface area contributed by atoms with Crippen molar-refractivity contribution in [2.45, 2.75) is 0 Å². The number of nitrogens with zero attached hydrogens (tertiary/aromatic N) is 8. The molecule has 2 aromatic rings. The Labute approximate surface area is 220 Å². The molecule has 7 rings (SSSR count). The zero-order valence-corrected chi connectivity index (χ0v) is 21.7. The first kappa shape index (κ1) is 22.2. The third-order valence-electron chi connectivity index (χ3n) is 7.07. The molecule has 38 heavy (non-hydrogen) atoms. The third-order valence-corrected chi connectivity index (χ3v) is 7.07. The van der Waals surface area contributed by atoms with Gasteiger partial charge in [-0.05, 0) is 60.8 Å². The molecule has 0 aromatic carbocycles. The van der Waals surface area contributed by atoms with Crippen LogP contribution in [0.4, 0.5) is 0 Å². The van der Waals surface area contributed by atoms with E-state index in [-0.39, 0.29) is 0 Å². The predicted molar refractivity (Wildman–Crippen MR) is 149 cm³/mol. The fourth-order valence-corrected chi connectivity index (χ4v) is 5.30. The van der Waals surface area contributed by atoms with Crippen molar-refractivity contribution in [3.05, 3.63) is 120 Å². The summed E-state index contributed by atoms with van der Waals surface area (Å²) in [4.78, 5) is 20.0. The third kappa shape index (κ3) is 3.53. The van der Waals surface area contributed by atoms with Gasteiger partial charge in [-0.25, -0.2) is 38.2 Å². The van der Waals surface area contributed by atoms with Gasteiger partial charge in [0.15, 0.2) is 0 Å². The zero-order chi connectivity index (χ0) is 26.0. The topological polar surface area (TPSA) is 67.1 Å². The standard InChI is InChI=1S/C30H26N8/c1-35-13-14-36(2)29(35)27-23-9-5-19(31-23)17-21-7-11-25(33-21)28(30-37(3)15-16-38(30)4)26-12-8-22(34-26)18-20-6-10-24(27)32-20/h5-18H,1-4H3/q+2. The smallest absolute Gasteiger partial charge is 0.248 e. The molecule has 0 amide bonds. The first-order chi connectivity index (χ1) is 18.4. The fourth-order valence-electron chi connectivity index (χ4n) is 5.30. The molecule has 8 heteroatoms. The van der Waals surface area contributed by atoms with Crippen LogP contribution in [0, 0.1) is 0 Å². The summed E-state index contributed by atoms with van der Waals surface area (Å²) in [6.45, 7) is 0. The summed E-state index contributed by atoms with van der Waals surface area (Å²) in [5.41, 5.74) is 8.84. The number of aryl methyl sites for hydroxylation is 4. The molecule has 0 radical (unpaired) electrons. The molecule has 8 nitrogen and oxygen atoms in total. The molecule has 0 saturated carbocycles. The Bertz CT molecular complexity index is 1650. The van der Waals surface area contributed by atoms with Crippen molar-refractivity contribution in [1.82, 2.24) is 9.13 Å². The molecule has 0 atom stereocenters. The van der Waals surface area contributed by atoms with Crippen LogP contribution >= 0.6 is 0 Å². The van der Waals surface area contributed by atoms with Crippen LogP contribution in [-0.2, 0) is 28.2 Å². The highest BCUT2D eigenvalue weighted by atomic mass is 15.1. The molecule has 184 valence electrons. The van der Waals surface area contributed by atoms with Gasteiger partial charge in [-0.15, -0.1) is 0 Å². The van der Waals surface area contributed by atoms with Crippen molar-refractivity contribution in [1.29, 1.82) is 0 Å². The molecule has 2 aromatic heterocycles. The van der Waals surface area contributed by atoms with E-state index < -0.39 is 0 Å². The molecule has 0 N–H and O–H groups in total. The minimum Gasteiger partial charge on any atom is -0.248 e. The second-order valence-electron chi connectivity index (χ2n) is 9.75. The molecular weight excluding hydrogens is 472 g/mol. The summed E-state index contributed by atoms with van der Waals surface area (Å²) in [5.74, 6) is 2.05. The molecular formula is C30H26N8+2. The van der Waals surface area contributed by atoms with Gasteiger partial charge in [0.2, 0.25) is 0 Å². The van der Waals surface area contributed by atoms with Crippen LogP contribution in [0.2, 0.25) is 0 Å². The normalized spacial score (nSPS) is 19.4. The highest BCUT2D eigenvalue weighted by molar-refractivity contribution is 6.33. The van der Waals surface area contributed by atoms with Crippen molar-refractivity contribution < 1.29 is 9.13 Å². The van der Waals surface area contributed by atoms with Gasteiger partial charge in [0, 0.05) is 0 Å². The maximum atomic E-state index is 5.00. The van der Waals surface area contributed by atoms with E-state index >= 15 is 0 Å². The summed E-state index contributed by atoms with van der Waals surface area (Å²) >= 11 is 0. The van der Waals surface area contributed by atoms with Crippen molar-refractivity contribution in [3.8, 4) is 0 Å². The minimum absolute atomic E-state index is 0.851.